The second-order valence-corrected chi connectivity index (χ2v) is 5.28. The van der Waals surface area contributed by atoms with E-state index in [1.165, 1.54) is 0 Å². The van der Waals surface area contributed by atoms with Gasteiger partial charge in [0.2, 0.25) is 0 Å². The number of benzene rings is 1. The molecular formula is C12H12Cl2N2O3. The van der Waals surface area contributed by atoms with Crippen molar-refractivity contribution < 1.29 is 14.7 Å². The number of urea groups is 1. The molecule has 0 bridgehead atoms. The first-order valence-corrected chi connectivity index (χ1v) is 6.42. The highest BCUT2D eigenvalue weighted by Gasteiger charge is 2.50. The van der Waals surface area contributed by atoms with Crippen molar-refractivity contribution in [3.05, 3.63) is 28.2 Å². The average Bonchev–Trinajstić information content (AvgIpc) is 3.14. The van der Waals surface area contributed by atoms with Gasteiger partial charge in [0.25, 0.3) is 0 Å². The third kappa shape index (κ3) is 3.11. The Morgan fingerprint density at radius 1 is 1.32 bits per heavy atom. The number of aliphatic carboxylic acids is 1. The van der Waals surface area contributed by atoms with E-state index in [1.807, 2.05) is 0 Å². The van der Waals surface area contributed by atoms with E-state index in [-0.39, 0.29) is 11.6 Å². The number of hydrogen-bond donors (Lipinski definition) is 3. The lowest BCUT2D eigenvalue weighted by molar-refractivity contribution is -0.143. The molecule has 1 aromatic carbocycles. The number of carbonyl (C=O) groups is 2. The van der Waals surface area contributed by atoms with E-state index < -0.39 is 17.4 Å². The van der Waals surface area contributed by atoms with E-state index in [0.29, 0.717) is 23.6 Å². The number of carbonyl (C=O) groups excluding carboxylic acids is 1. The van der Waals surface area contributed by atoms with Gasteiger partial charge in [0.15, 0.2) is 0 Å². The molecule has 7 heteroatoms. The fraction of sp³-hybridized carbons (Fsp3) is 0.333. The predicted octanol–water partition coefficient (Wildman–Crippen LogP) is 2.98. The Kier molecular flexibility index (Phi) is 3.87. The lowest BCUT2D eigenvalue weighted by Crippen LogP contribution is -2.36. The number of halogens is 2. The van der Waals surface area contributed by atoms with Crippen molar-refractivity contribution in [1.29, 1.82) is 0 Å². The number of nitrogens with one attached hydrogen (secondary N) is 2. The summed E-state index contributed by atoms with van der Waals surface area (Å²) >= 11 is 11.7. The Morgan fingerprint density at radius 3 is 2.58 bits per heavy atom. The van der Waals surface area contributed by atoms with Gasteiger partial charge >= 0.3 is 12.0 Å². The van der Waals surface area contributed by atoms with Crippen LogP contribution in [0.1, 0.15) is 12.8 Å². The standard InChI is InChI=1S/C12H12Cl2N2O3/c13-7-2-1-3-8(9(7)14)16-11(19)15-6-12(4-5-12)10(17)18/h1-3H,4-6H2,(H,17,18)(H2,15,16,19). The summed E-state index contributed by atoms with van der Waals surface area (Å²) in [6.07, 6.45) is 1.17. The average molecular weight is 303 g/mol. The van der Waals surface area contributed by atoms with Crippen LogP contribution in [0.2, 0.25) is 10.0 Å². The summed E-state index contributed by atoms with van der Waals surface area (Å²) in [5.41, 5.74) is -0.415. The molecule has 1 aromatic rings. The zero-order valence-electron chi connectivity index (χ0n) is 9.87. The Bertz CT molecular complexity index is 530. The van der Waals surface area contributed by atoms with Crippen molar-refractivity contribution in [2.45, 2.75) is 12.8 Å². The first kappa shape index (κ1) is 14.0. The highest BCUT2D eigenvalue weighted by molar-refractivity contribution is 6.43. The zero-order valence-corrected chi connectivity index (χ0v) is 11.4. The topological polar surface area (TPSA) is 78.4 Å². The van der Waals surface area contributed by atoms with Gasteiger partial charge in [-0.15, -0.1) is 0 Å². The summed E-state index contributed by atoms with van der Waals surface area (Å²) in [5, 5.41) is 14.6. The van der Waals surface area contributed by atoms with Crippen LogP contribution in [-0.4, -0.2) is 23.7 Å². The summed E-state index contributed by atoms with van der Waals surface area (Å²) in [5.74, 6) is -0.881. The number of rotatable bonds is 4. The molecule has 0 unspecified atom stereocenters. The predicted molar refractivity (Wildman–Crippen MR) is 72.8 cm³/mol. The minimum Gasteiger partial charge on any atom is -0.481 e. The molecule has 1 fully saturated rings. The Hall–Kier alpha value is -1.46. The smallest absolute Gasteiger partial charge is 0.319 e. The summed E-state index contributed by atoms with van der Waals surface area (Å²) in [4.78, 5) is 22.6. The van der Waals surface area contributed by atoms with Crippen LogP contribution < -0.4 is 10.6 Å². The molecule has 0 heterocycles. The van der Waals surface area contributed by atoms with Crippen molar-refractivity contribution in [1.82, 2.24) is 5.32 Å². The number of anilines is 1. The van der Waals surface area contributed by atoms with Crippen LogP contribution in [0, 0.1) is 5.41 Å². The first-order valence-electron chi connectivity index (χ1n) is 5.67. The SMILES string of the molecule is O=C(NCC1(C(=O)O)CC1)Nc1cccc(Cl)c1Cl. The van der Waals surface area contributed by atoms with E-state index in [9.17, 15) is 9.59 Å². The maximum atomic E-state index is 11.7. The molecule has 0 aliphatic heterocycles. The molecule has 102 valence electrons. The van der Waals surface area contributed by atoms with Crippen molar-refractivity contribution in [2.24, 2.45) is 5.41 Å². The molecule has 0 spiro atoms. The van der Waals surface area contributed by atoms with E-state index in [4.69, 9.17) is 28.3 Å². The van der Waals surface area contributed by atoms with Crippen molar-refractivity contribution in [3.8, 4) is 0 Å². The molecule has 1 aliphatic carbocycles. The second kappa shape index (κ2) is 5.27. The van der Waals surface area contributed by atoms with Crippen molar-refractivity contribution >= 4 is 40.9 Å². The van der Waals surface area contributed by atoms with E-state index in [2.05, 4.69) is 10.6 Å². The lowest BCUT2D eigenvalue weighted by atomic mass is 10.1. The Labute approximate surface area is 119 Å². The van der Waals surface area contributed by atoms with Gasteiger partial charge < -0.3 is 15.7 Å². The van der Waals surface area contributed by atoms with Gasteiger partial charge in [0.1, 0.15) is 0 Å². The number of carboxylic acid groups (broad SMARTS) is 1. The molecule has 3 N–H and O–H groups in total. The van der Waals surface area contributed by atoms with Gasteiger partial charge in [0, 0.05) is 6.54 Å². The molecular weight excluding hydrogens is 291 g/mol. The third-order valence-electron chi connectivity index (χ3n) is 3.09. The van der Waals surface area contributed by atoms with Crippen LogP contribution in [0.4, 0.5) is 10.5 Å². The largest absolute Gasteiger partial charge is 0.481 e. The lowest BCUT2D eigenvalue weighted by Gasteiger charge is -2.13. The normalized spacial score (nSPS) is 15.7. The zero-order chi connectivity index (χ0) is 14.0. The highest BCUT2D eigenvalue weighted by atomic mass is 35.5. The van der Waals surface area contributed by atoms with E-state index >= 15 is 0 Å². The van der Waals surface area contributed by atoms with Gasteiger partial charge in [-0.25, -0.2) is 4.79 Å². The third-order valence-corrected chi connectivity index (χ3v) is 3.91. The molecule has 5 nitrogen and oxygen atoms in total. The van der Waals surface area contributed by atoms with Crippen LogP contribution in [-0.2, 0) is 4.79 Å². The fourth-order valence-electron chi connectivity index (χ4n) is 1.63. The second-order valence-electron chi connectivity index (χ2n) is 4.49. The van der Waals surface area contributed by atoms with Crippen LogP contribution in [0.25, 0.3) is 0 Å². The molecule has 2 amide bonds. The van der Waals surface area contributed by atoms with Crippen LogP contribution in [0.15, 0.2) is 18.2 Å². The van der Waals surface area contributed by atoms with Gasteiger partial charge in [-0.3, -0.25) is 4.79 Å². The van der Waals surface area contributed by atoms with Gasteiger partial charge in [-0.05, 0) is 25.0 Å². The van der Waals surface area contributed by atoms with E-state index in [1.54, 1.807) is 18.2 Å². The Balaban J connectivity index is 1.91. The molecule has 2 rings (SSSR count). The minimum atomic E-state index is -0.881. The summed E-state index contributed by atoms with van der Waals surface area (Å²) < 4.78 is 0. The maximum absolute atomic E-state index is 11.7. The van der Waals surface area contributed by atoms with Crippen molar-refractivity contribution in [2.75, 3.05) is 11.9 Å². The van der Waals surface area contributed by atoms with Gasteiger partial charge in [0.05, 0.1) is 21.1 Å². The van der Waals surface area contributed by atoms with Gasteiger partial charge in [-0.2, -0.15) is 0 Å². The Morgan fingerprint density at radius 2 is 2.00 bits per heavy atom. The van der Waals surface area contributed by atoms with Crippen LogP contribution in [0.5, 0.6) is 0 Å². The molecule has 0 atom stereocenters. The molecule has 1 aliphatic rings. The van der Waals surface area contributed by atoms with E-state index in [0.717, 1.165) is 0 Å². The maximum Gasteiger partial charge on any atom is 0.319 e. The summed E-state index contributed by atoms with van der Waals surface area (Å²) in [6.45, 7) is 0.104. The summed E-state index contributed by atoms with van der Waals surface area (Å²) in [6, 6.07) is 4.37. The monoisotopic (exact) mass is 302 g/mol. The molecule has 0 radical (unpaired) electrons. The van der Waals surface area contributed by atoms with Crippen molar-refractivity contribution in [3.63, 3.8) is 0 Å². The highest BCUT2D eigenvalue weighted by Crippen LogP contribution is 2.45. The molecule has 19 heavy (non-hydrogen) atoms. The van der Waals surface area contributed by atoms with Gasteiger partial charge in [-0.1, -0.05) is 29.3 Å². The number of hydrogen-bond acceptors (Lipinski definition) is 2. The van der Waals surface area contributed by atoms with Crippen LogP contribution >= 0.6 is 23.2 Å². The molecule has 0 aromatic heterocycles. The minimum absolute atomic E-state index is 0.104. The molecule has 0 saturated heterocycles. The quantitative estimate of drug-likeness (QED) is 0.800. The van der Waals surface area contributed by atoms with Crippen LogP contribution in [0.3, 0.4) is 0 Å². The number of carboxylic acids is 1. The molecule has 1 saturated carbocycles. The first-order chi connectivity index (χ1) is 8.94. The number of amides is 2. The fourth-order valence-corrected chi connectivity index (χ4v) is 1.98. The summed E-state index contributed by atoms with van der Waals surface area (Å²) in [7, 11) is 0.